The molecular formula is C15H25ClN4O4S. The van der Waals surface area contributed by atoms with Gasteiger partial charge in [0.2, 0.25) is 10.0 Å². The molecule has 0 aromatic carbocycles. The molecule has 3 heterocycles. The quantitative estimate of drug-likeness (QED) is 0.720. The second-order valence-electron chi connectivity index (χ2n) is 6.26. The molecule has 2 fully saturated rings. The first kappa shape index (κ1) is 20.2. The molecule has 0 aliphatic carbocycles. The van der Waals surface area contributed by atoms with Crippen LogP contribution in [0.4, 0.5) is 0 Å². The van der Waals surface area contributed by atoms with Crippen molar-refractivity contribution in [2.75, 3.05) is 46.4 Å². The minimum absolute atomic E-state index is 0. The van der Waals surface area contributed by atoms with E-state index in [9.17, 15) is 13.2 Å². The summed E-state index contributed by atoms with van der Waals surface area (Å²) in [6.07, 6.45) is 2.32. The number of hydrogen-bond donors (Lipinski definition) is 1. The number of sulfonamides is 1. The maximum Gasteiger partial charge on any atom is 0.354 e. The van der Waals surface area contributed by atoms with E-state index in [0.717, 1.165) is 32.6 Å². The Hall–Kier alpha value is -1.13. The number of piperazine rings is 1. The van der Waals surface area contributed by atoms with E-state index >= 15 is 0 Å². The van der Waals surface area contributed by atoms with Gasteiger partial charge in [-0.2, -0.15) is 4.31 Å². The van der Waals surface area contributed by atoms with Gasteiger partial charge in [-0.1, -0.05) is 0 Å². The first-order chi connectivity index (χ1) is 11.4. The van der Waals surface area contributed by atoms with Gasteiger partial charge in [0.1, 0.15) is 10.6 Å². The van der Waals surface area contributed by atoms with Crippen molar-refractivity contribution in [1.29, 1.82) is 0 Å². The van der Waals surface area contributed by atoms with Gasteiger partial charge in [-0.05, 0) is 12.5 Å². The number of ether oxygens (including phenoxy) is 1. The van der Waals surface area contributed by atoms with Crippen LogP contribution in [0.2, 0.25) is 0 Å². The minimum atomic E-state index is -3.59. The number of nitrogens with one attached hydrogen (secondary N) is 1. The lowest BCUT2D eigenvalue weighted by Crippen LogP contribution is -2.49. The van der Waals surface area contributed by atoms with Gasteiger partial charge in [0.15, 0.2) is 0 Å². The number of carbonyl (C=O) groups excluding carboxylic acids is 1. The number of aromatic nitrogens is 1. The van der Waals surface area contributed by atoms with Crippen LogP contribution in [0.25, 0.3) is 0 Å². The standard InChI is InChI=1S/C15H24N4O4S.ClH/c1-17-11-13(9-14(17)15(20)23-2)24(21,22)19-6-3-12(10-19)18-7-4-16-5-8-18;/h9,11-12,16H,3-8,10H2,1-2H3;1H. The molecule has 0 bridgehead atoms. The zero-order chi connectivity index (χ0) is 17.3. The van der Waals surface area contributed by atoms with Crippen molar-refractivity contribution in [1.82, 2.24) is 19.1 Å². The summed E-state index contributed by atoms with van der Waals surface area (Å²) in [4.78, 5) is 14.2. The molecule has 3 rings (SSSR count). The highest BCUT2D eigenvalue weighted by molar-refractivity contribution is 7.89. The maximum atomic E-state index is 12.9. The normalized spacial score (nSPS) is 22.6. The van der Waals surface area contributed by atoms with Crippen LogP contribution in [0.1, 0.15) is 16.9 Å². The minimum Gasteiger partial charge on any atom is -0.464 e. The smallest absolute Gasteiger partial charge is 0.354 e. The lowest BCUT2D eigenvalue weighted by atomic mass is 10.2. The monoisotopic (exact) mass is 392 g/mol. The van der Waals surface area contributed by atoms with Crippen molar-refractivity contribution < 1.29 is 17.9 Å². The van der Waals surface area contributed by atoms with Crippen LogP contribution in [0.5, 0.6) is 0 Å². The van der Waals surface area contributed by atoms with Crippen LogP contribution >= 0.6 is 12.4 Å². The van der Waals surface area contributed by atoms with E-state index in [-0.39, 0.29) is 29.0 Å². The summed E-state index contributed by atoms with van der Waals surface area (Å²) in [6.45, 7) is 4.83. The third kappa shape index (κ3) is 4.01. The number of carbonyl (C=O) groups is 1. The van der Waals surface area contributed by atoms with Crippen molar-refractivity contribution in [3.8, 4) is 0 Å². The van der Waals surface area contributed by atoms with E-state index in [1.165, 1.54) is 28.2 Å². The summed E-state index contributed by atoms with van der Waals surface area (Å²) in [5.74, 6) is -0.543. The molecule has 1 atom stereocenters. The average Bonchev–Trinajstić information content (AvgIpc) is 3.22. The van der Waals surface area contributed by atoms with E-state index in [4.69, 9.17) is 0 Å². The number of halogens is 1. The number of hydrogen-bond acceptors (Lipinski definition) is 6. The topological polar surface area (TPSA) is 83.9 Å². The van der Waals surface area contributed by atoms with Gasteiger partial charge in [-0.25, -0.2) is 13.2 Å². The highest BCUT2D eigenvalue weighted by Gasteiger charge is 2.36. The summed E-state index contributed by atoms with van der Waals surface area (Å²) in [6, 6.07) is 1.66. The fraction of sp³-hybridized carbons (Fsp3) is 0.667. The van der Waals surface area contributed by atoms with E-state index in [0.29, 0.717) is 13.1 Å². The van der Waals surface area contributed by atoms with Gasteiger partial charge in [-0.15, -0.1) is 12.4 Å². The highest BCUT2D eigenvalue weighted by atomic mass is 35.5. The van der Waals surface area contributed by atoms with Gasteiger partial charge in [0.05, 0.1) is 7.11 Å². The van der Waals surface area contributed by atoms with E-state index < -0.39 is 16.0 Å². The first-order valence-corrected chi connectivity index (χ1v) is 9.57. The largest absolute Gasteiger partial charge is 0.464 e. The van der Waals surface area contributed by atoms with Crippen molar-refractivity contribution in [3.63, 3.8) is 0 Å². The Morgan fingerprint density at radius 1 is 1.28 bits per heavy atom. The van der Waals surface area contributed by atoms with Gasteiger partial charge < -0.3 is 14.6 Å². The molecule has 2 saturated heterocycles. The lowest BCUT2D eigenvalue weighted by molar-refractivity contribution is 0.0590. The predicted molar refractivity (Wildman–Crippen MR) is 95.6 cm³/mol. The zero-order valence-electron chi connectivity index (χ0n) is 14.5. The van der Waals surface area contributed by atoms with E-state index in [1.54, 1.807) is 7.05 Å². The number of methoxy groups -OCH3 is 1. The molecule has 0 spiro atoms. The average molecular weight is 393 g/mol. The Kier molecular flexibility index (Phi) is 6.50. The van der Waals surface area contributed by atoms with Crippen LogP contribution in [0.3, 0.4) is 0 Å². The van der Waals surface area contributed by atoms with E-state index in [1.807, 2.05) is 0 Å². The van der Waals surface area contributed by atoms with Crippen LogP contribution < -0.4 is 5.32 Å². The molecule has 25 heavy (non-hydrogen) atoms. The fourth-order valence-corrected chi connectivity index (χ4v) is 4.97. The van der Waals surface area contributed by atoms with Crippen molar-refractivity contribution in [2.24, 2.45) is 7.05 Å². The molecule has 2 aliphatic rings. The second-order valence-corrected chi connectivity index (χ2v) is 8.19. The number of rotatable bonds is 4. The van der Waals surface area contributed by atoms with E-state index in [2.05, 4.69) is 15.0 Å². The fourth-order valence-electron chi connectivity index (χ4n) is 3.41. The molecule has 1 unspecified atom stereocenters. The third-order valence-electron chi connectivity index (χ3n) is 4.81. The van der Waals surface area contributed by atoms with Gasteiger partial charge in [0, 0.05) is 58.6 Å². The molecule has 10 heteroatoms. The number of aryl methyl sites for hydroxylation is 1. The molecule has 1 aromatic heterocycles. The molecular weight excluding hydrogens is 368 g/mol. The summed E-state index contributed by atoms with van der Waals surface area (Å²) < 4.78 is 33.4. The Balaban J connectivity index is 0.00000225. The molecule has 1 aromatic rings. The second kappa shape index (κ2) is 8.05. The Morgan fingerprint density at radius 3 is 2.60 bits per heavy atom. The van der Waals surface area contributed by atoms with Gasteiger partial charge >= 0.3 is 5.97 Å². The highest BCUT2D eigenvalue weighted by Crippen LogP contribution is 2.25. The molecule has 1 N–H and O–H groups in total. The summed E-state index contributed by atoms with van der Waals surface area (Å²) >= 11 is 0. The lowest BCUT2D eigenvalue weighted by Gasteiger charge is -2.32. The Labute approximate surface area is 154 Å². The molecule has 8 nitrogen and oxygen atoms in total. The molecule has 2 aliphatic heterocycles. The summed E-state index contributed by atoms with van der Waals surface area (Å²) in [5.41, 5.74) is 0.230. The molecule has 0 saturated carbocycles. The van der Waals surface area contributed by atoms with Crippen LogP contribution in [-0.2, 0) is 21.8 Å². The van der Waals surface area contributed by atoms with Crippen molar-refractivity contribution in [2.45, 2.75) is 17.4 Å². The van der Waals surface area contributed by atoms with Gasteiger partial charge in [0.25, 0.3) is 0 Å². The SMILES string of the molecule is COC(=O)c1cc(S(=O)(=O)N2CCC(N3CCNCC3)C2)cn1C.Cl. The van der Waals surface area contributed by atoms with Crippen molar-refractivity contribution in [3.05, 3.63) is 18.0 Å². The summed E-state index contributed by atoms with van der Waals surface area (Å²) in [5, 5.41) is 3.31. The Morgan fingerprint density at radius 2 is 1.96 bits per heavy atom. The predicted octanol–water partition coefficient (Wildman–Crippen LogP) is -0.0983. The third-order valence-corrected chi connectivity index (χ3v) is 6.64. The maximum absolute atomic E-state index is 12.9. The van der Waals surface area contributed by atoms with Crippen LogP contribution in [0.15, 0.2) is 17.2 Å². The zero-order valence-corrected chi connectivity index (χ0v) is 16.1. The summed E-state index contributed by atoms with van der Waals surface area (Å²) in [7, 11) is -0.674. The molecule has 142 valence electrons. The van der Waals surface area contributed by atoms with Crippen LogP contribution in [0, 0.1) is 0 Å². The first-order valence-electron chi connectivity index (χ1n) is 8.13. The number of nitrogens with zero attached hydrogens (tertiary/aromatic N) is 3. The van der Waals surface area contributed by atoms with Crippen LogP contribution in [-0.4, -0.2) is 80.6 Å². The molecule has 0 amide bonds. The van der Waals surface area contributed by atoms with Crippen molar-refractivity contribution >= 4 is 28.4 Å². The number of esters is 1. The Bertz CT molecular complexity index is 715. The van der Waals surface area contributed by atoms with Gasteiger partial charge in [-0.3, -0.25) is 4.90 Å². The molecule has 0 radical (unpaired) electrons.